The van der Waals surface area contributed by atoms with Crippen molar-refractivity contribution in [2.75, 3.05) is 25.5 Å². The molecule has 1 amide bonds. The van der Waals surface area contributed by atoms with Crippen LogP contribution >= 0.6 is 0 Å². The molecule has 1 aliphatic rings. The van der Waals surface area contributed by atoms with Crippen molar-refractivity contribution in [2.45, 2.75) is 38.6 Å². The van der Waals surface area contributed by atoms with Gasteiger partial charge >= 0.3 is 0 Å². The van der Waals surface area contributed by atoms with E-state index in [1.807, 2.05) is 53.1 Å². The molecule has 0 radical (unpaired) electrons. The maximum absolute atomic E-state index is 13.3. The number of methoxy groups -OCH3 is 1. The summed E-state index contributed by atoms with van der Waals surface area (Å²) in [6.45, 7) is 1.70. The average Bonchev–Trinajstić information content (AvgIpc) is 3.02. The van der Waals surface area contributed by atoms with Gasteiger partial charge in [0.25, 0.3) is 5.91 Å². The smallest absolute Gasteiger partial charge is 0.256 e. The van der Waals surface area contributed by atoms with E-state index >= 15 is 0 Å². The molecule has 2 aromatic heterocycles. The Bertz CT molecular complexity index is 1780. The molecule has 3 aromatic carbocycles. The van der Waals surface area contributed by atoms with E-state index in [-0.39, 0.29) is 16.9 Å². The van der Waals surface area contributed by atoms with Gasteiger partial charge in [0.15, 0.2) is 0 Å². The normalized spacial score (nSPS) is 12.7. The topological polar surface area (TPSA) is 85.2 Å². The molecule has 1 aliphatic carbocycles. The Balaban J connectivity index is 1.15. The second-order valence-corrected chi connectivity index (χ2v) is 10.5. The van der Waals surface area contributed by atoms with Crippen LogP contribution in [0.5, 0.6) is 5.75 Å². The van der Waals surface area contributed by atoms with Gasteiger partial charge in [-0.2, -0.15) is 0 Å². The highest BCUT2D eigenvalue weighted by Gasteiger charge is 2.18. The van der Waals surface area contributed by atoms with E-state index in [4.69, 9.17) is 9.72 Å². The number of nitrogens with zero attached hydrogens (tertiary/aromatic N) is 2. The Labute approximate surface area is 239 Å². The first-order valence-corrected chi connectivity index (χ1v) is 14.3. The van der Waals surface area contributed by atoms with Crippen LogP contribution in [0.1, 0.15) is 46.4 Å². The van der Waals surface area contributed by atoms with Gasteiger partial charge in [-0.05, 0) is 73.6 Å². The van der Waals surface area contributed by atoms with Gasteiger partial charge in [0.1, 0.15) is 11.3 Å². The van der Waals surface area contributed by atoms with Crippen molar-refractivity contribution in [1.29, 1.82) is 0 Å². The van der Waals surface area contributed by atoms with Crippen LogP contribution in [0, 0.1) is 0 Å². The maximum atomic E-state index is 13.3. The fourth-order valence-electron chi connectivity index (χ4n) is 5.74. The summed E-state index contributed by atoms with van der Waals surface area (Å²) in [7, 11) is 1.64. The summed E-state index contributed by atoms with van der Waals surface area (Å²) in [4.78, 5) is 31.4. The summed E-state index contributed by atoms with van der Waals surface area (Å²) >= 11 is 0. The number of benzene rings is 3. The Hall–Kier alpha value is -4.65. The van der Waals surface area contributed by atoms with E-state index in [9.17, 15) is 9.59 Å². The second kappa shape index (κ2) is 11.8. The second-order valence-electron chi connectivity index (χ2n) is 10.5. The number of anilines is 1. The number of fused-ring (bicyclic) bond motifs is 3. The molecule has 0 fully saturated rings. The van der Waals surface area contributed by atoms with Crippen molar-refractivity contribution in [3.05, 3.63) is 112 Å². The van der Waals surface area contributed by atoms with Crippen molar-refractivity contribution in [3.8, 4) is 5.75 Å². The molecule has 5 aromatic rings. The molecule has 0 atom stereocenters. The number of pyridine rings is 2. The lowest BCUT2D eigenvalue weighted by molar-refractivity contribution is 0.0952. The van der Waals surface area contributed by atoms with Crippen LogP contribution in [-0.2, 0) is 19.4 Å². The lowest BCUT2D eigenvalue weighted by Gasteiger charge is -2.21. The monoisotopic (exact) mass is 546 g/mol. The third-order valence-corrected chi connectivity index (χ3v) is 7.85. The molecule has 0 saturated heterocycles. The molecule has 2 heterocycles. The molecule has 0 bridgehead atoms. The molecule has 2 N–H and O–H groups in total. The molecule has 6 rings (SSSR count). The molecule has 0 unspecified atom stereocenters. The van der Waals surface area contributed by atoms with Crippen LogP contribution in [-0.4, -0.2) is 35.7 Å². The largest absolute Gasteiger partial charge is 0.497 e. The molecule has 208 valence electrons. The Morgan fingerprint density at radius 2 is 1.68 bits per heavy atom. The highest BCUT2D eigenvalue weighted by atomic mass is 16.5. The van der Waals surface area contributed by atoms with Crippen LogP contribution in [0.2, 0.25) is 0 Å². The van der Waals surface area contributed by atoms with Gasteiger partial charge in [-0.25, -0.2) is 0 Å². The predicted molar refractivity (Wildman–Crippen MR) is 164 cm³/mol. The molecule has 0 aliphatic heterocycles. The van der Waals surface area contributed by atoms with Gasteiger partial charge in [-0.3, -0.25) is 14.6 Å². The lowest BCUT2D eigenvalue weighted by atomic mass is 9.92. The zero-order valence-electron chi connectivity index (χ0n) is 23.3. The summed E-state index contributed by atoms with van der Waals surface area (Å²) in [5.41, 5.74) is 6.46. The standard InChI is InChI=1S/C34H34N4O3/c1-41-24-17-15-23(16-18-24)21-38-22-28(33(39)27-11-4-7-14-31(27)38)34(40)36-20-8-19-35-32-25-9-2-5-12-29(25)37-30-13-6-3-10-26(30)32/h2,4-5,7,9,11-12,14-18,22H,3,6,8,10,13,19-21H2,1H3,(H,35,37)(H,36,40). The maximum Gasteiger partial charge on any atom is 0.256 e. The van der Waals surface area contributed by atoms with Crippen LogP contribution in [0.15, 0.2) is 83.8 Å². The fourth-order valence-corrected chi connectivity index (χ4v) is 5.74. The highest BCUT2D eigenvalue weighted by Crippen LogP contribution is 2.33. The summed E-state index contributed by atoms with van der Waals surface area (Å²) < 4.78 is 7.24. The van der Waals surface area contributed by atoms with E-state index in [0.717, 1.165) is 47.0 Å². The van der Waals surface area contributed by atoms with Crippen molar-refractivity contribution in [1.82, 2.24) is 14.9 Å². The first-order chi connectivity index (χ1) is 20.1. The Morgan fingerprint density at radius 3 is 2.51 bits per heavy atom. The third-order valence-electron chi connectivity index (χ3n) is 7.85. The molecule has 0 spiro atoms. The van der Waals surface area contributed by atoms with Gasteiger partial charge in [0.2, 0.25) is 5.43 Å². The van der Waals surface area contributed by atoms with Crippen LogP contribution in [0.4, 0.5) is 5.69 Å². The van der Waals surface area contributed by atoms with Crippen molar-refractivity contribution in [3.63, 3.8) is 0 Å². The summed E-state index contributed by atoms with van der Waals surface area (Å²) in [6, 6.07) is 23.5. The molecular weight excluding hydrogens is 512 g/mol. The quantitative estimate of drug-likeness (QED) is 0.231. The average molecular weight is 547 g/mol. The van der Waals surface area contributed by atoms with Crippen LogP contribution < -0.4 is 20.8 Å². The van der Waals surface area contributed by atoms with E-state index in [1.165, 1.54) is 29.8 Å². The van der Waals surface area contributed by atoms with Gasteiger partial charge in [0.05, 0.1) is 18.1 Å². The summed E-state index contributed by atoms with van der Waals surface area (Å²) in [5.74, 6) is 0.432. The van der Waals surface area contributed by atoms with E-state index < -0.39 is 0 Å². The number of carbonyl (C=O) groups excluding carboxylic acids is 1. The number of aryl methyl sites for hydroxylation is 1. The molecule has 0 saturated carbocycles. The van der Waals surface area contributed by atoms with Gasteiger partial charge in [-0.1, -0.05) is 42.5 Å². The minimum absolute atomic E-state index is 0.152. The number of carbonyl (C=O) groups is 1. The third kappa shape index (κ3) is 5.53. The molecule has 41 heavy (non-hydrogen) atoms. The number of hydrogen-bond acceptors (Lipinski definition) is 5. The SMILES string of the molecule is COc1ccc(Cn2cc(C(=O)NCCCNc3c4c(nc5ccccc35)CCCC4)c(=O)c3ccccc32)cc1. The number of rotatable bonds is 9. The van der Waals surface area contributed by atoms with Gasteiger partial charge in [-0.15, -0.1) is 0 Å². The minimum atomic E-state index is -0.351. The van der Waals surface area contributed by atoms with E-state index in [0.29, 0.717) is 25.0 Å². The van der Waals surface area contributed by atoms with E-state index in [2.05, 4.69) is 28.8 Å². The minimum Gasteiger partial charge on any atom is -0.497 e. The summed E-state index contributed by atoms with van der Waals surface area (Å²) in [5, 5.41) is 8.29. The molecule has 7 nitrogen and oxygen atoms in total. The highest BCUT2D eigenvalue weighted by molar-refractivity contribution is 5.97. The van der Waals surface area contributed by atoms with Gasteiger partial charge < -0.3 is 19.9 Å². The number of ether oxygens (including phenoxy) is 1. The van der Waals surface area contributed by atoms with Crippen molar-refractivity contribution < 1.29 is 9.53 Å². The predicted octanol–water partition coefficient (Wildman–Crippen LogP) is 5.72. The number of nitrogens with one attached hydrogen (secondary N) is 2. The zero-order chi connectivity index (χ0) is 28.2. The van der Waals surface area contributed by atoms with E-state index in [1.54, 1.807) is 19.4 Å². The molecule has 7 heteroatoms. The number of hydrogen-bond donors (Lipinski definition) is 2. The van der Waals surface area contributed by atoms with Crippen LogP contribution in [0.3, 0.4) is 0 Å². The van der Waals surface area contributed by atoms with Crippen molar-refractivity contribution >= 4 is 33.4 Å². The molecular formula is C34H34N4O3. The Kier molecular flexibility index (Phi) is 7.67. The van der Waals surface area contributed by atoms with Crippen molar-refractivity contribution in [2.24, 2.45) is 0 Å². The first-order valence-electron chi connectivity index (χ1n) is 14.3. The first kappa shape index (κ1) is 26.6. The zero-order valence-corrected chi connectivity index (χ0v) is 23.3. The van der Waals surface area contributed by atoms with Crippen LogP contribution in [0.25, 0.3) is 21.8 Å². The summed E-state index contributed by atoms with van der Waals surface area (Å²) in [6.07, 6.45) is 6.83. The number of amides is 1. The van der Waals surface area contributed by atoms with Gasteiger partial charge in [0, 0.05) is 48.0 Å². The number of para-hydroxylation sites is 2. The lowest BCUT2D eigenvalue weighted by Crippen LogP contribution is -2.31. The fraction of sp³-hybridized carbons (Fsp3) is 0.265. The number of aromatic nitrogens is 2. The Morgan fingerprint density at radius 1 is 0.927 bits per heavy atom.